The Hall–Kier alpha value is -0.610. The van der Waals surface area contributed by atoms with Crippen LogP contribution in [0.25, 0.3) is 0 Å². The molecule has 0 radical (unpaired) electrons. The normalized spacial score (nSPS) is 32.7. The Bertz CT molecular complexity index is 231. The Morgan fingerprint density at radius 2 is 2.40 bits per heavy atom. The quantitative estimate of drug-likeness (QED) is 0.633. The predicted octanol–water partition coefficient (Wildman–Crippen LogP) is 0.391. The Morgan fingerprint density at radius 1 is 1.73 bits per heavy atom. The van der Waals surface area contributed by atoms with Gasteiger partial charge in [-0.15, -0.1) is 0 Å². The molecule has 0 spiro atoms. The van der Waals surface area contributed by atoms with Crippen LogP contribution in [0.3, 0.4) is 0 Å². The van der Waals surface area contributed by atoms with E-state index in [0.717, 1.165) is 19.3 Å². The molecule has 0 aliphatic heterocycles. The van der Waals surface area contributed by atoms with Gasteiger partial charge in [-0.3, -0.25) is 4.79 Å². The van der Waals surface area contributed by atoms with Crippen LogP contribution < -0.4 is 11.1 Å². The minimum Gasteiger partial charge on any atom is -0.393 e. The lowest BCUT2D eigenvalue weighted by atomic mass is 9.84. The molecule has 1 aliphatic rings. The van der Waals surface area contributed by atoms with E-state index in [1.165, 1.54) is 0 Å². The molecule has 0 aromatic rings. The van der Waals surface area contributed by atoms with Gasteiger partial charge in [0.05, 0.1) is 11.5 Å². The molecular weight excluding hydrogens is 192 g/mol. The van der Waals surface area contributed by atoms with Gasteiger partial charge in [-0.2, -0.15) is 0 Å². The van der Waals surface area contributed by atoms with Crippen LogP contribution in [0.2, 0.25) is 0 Å². The number of amides is 1. The Kier molecular flexibility index (Phi) is 4.11. The van der Waals surface area contributed by atoms with Gasteiger partial charge in [0.2, 0.25) is 5.91 Å². The summed E-state index contributed by atoms with van der Waals surface area (Å²) in [7, 11) is 0. The van der Waals surface area contributed by atoms with Gasteiger partial charge in [0, 0.05) is 12.6 Å². The molecule has 0 saturated heterocycles. The third-order valence-electron chi connectivity index (χ3n) is 3.40. The highest BCUT2D eigenvalue weighted by atomic mass is 16.3. The zero-order valence-corrected chi connectivity index (χ0v) is 9.62. The fourth-order valence-electron chi connectivity index (χ4n) is 2.07. The molecular formula is C11H22N2O2. The van der Waals surface area contributed by atoms with E-state index in [0.29, 0.717) is 13.0 Å². The Labute approximate surface area is 91.2 Å². The van der Waals surface area contributed by atoms with Crippen LogP contribution in [0.1, 0.15) is 39.5 Å². The first-order valence-corrected chi connectivity index (χ1v) is 5.69. The average molecular weight is 214 g/mol. The Balaban J connectivity index is 2.39. The predicted molar refractivity (Wildman–Crippen MR) is 59.2 cm³/mol. The smallest absolute Gasteiger partial charge is 0.227 e. The molecule has 4 heteroatoms. The first kappa shape index (κ1) is 12.5. The van der Waals surface area contributed by atoms with E-state index >= 15 is 0 Å². The number of hydrogen-bond acceptors (Lipinski definition) is 3. The molecule has 0 bridgehead atoms. The summed E-state index contributed by atoms with van der Waals surface area (Å²) in [5, 5.41) is 11.9. The molecule has 1 amide bonds. The molecule has 1 saturated carbocycles. The average Bonchev–Trinajstić information content (AvgIpc) is 2.47. The van der Waals surface area contributed by atoms with E-state index in [4.69, 9.17) is 10.8 Å². The summed E-state index contributed by atoms with van der Waals surface area (Å²) in [6.45, 7) is 4.18. The lowest BCUT2D eigenvalue weighted by Crippen LogP contribution is -2.47. The molecule has 3 atom stereocenters. The number of rotatable bonds is 4. The van der Waals surface area contributed by atoms with Crippen molar-refractivity contribution in [2.75, 3.05) is 6.54 Å². The summed E-state index contributed by atoms with van der Waals surface area (Å²) >= 11 is 0. The van der Waals surface area contributed by atoms with Crippen molar-refractivity contribution in [2.24, 2.45) is 11.1 Å². The summed E-state index contributed by atoms with van der Waals surface area (Å²) in [6.07, 6.45) is 3.06. The van der Waals surface area contributed by atoms with E-state index in [2.05, 4.69) is 5.32 Å². The van der Waals surface area contributed by atoms with Gasteiger partial charge in [0.25, 0.3) is 0 Å². The third kappa shape index (κ3) is 2.92. The second-order valence-electron chi connectivity index (χ2n) is 4.81. The summed E-state index contributed by atoms with van der Waals surface area (Å²) < 4.78 is 0. The zero-order valence-electron chi connectivity index (χ0n) is 9.62. The minimum atomic E-state index is -0.404. The van der Waals surface area contributed by atoms with Gasteiger partial charge in [-0.1, -0.05) is 6.42 Å². The second kappa shape index (κ2) is 4.94. The molecule has 1 rings (SSSR count). The highest BCUT2D eigenvalue weighted by molar-refractivity contribution is 5.83. The van der Waals surface area contributed by atoms with Gasteiger partial charge in [0.1, 0.15) is 0 Å². The van der Waals surface area contributed by atoms with Crippen LogP contribution in [0.15, 0.2) is 0 Å². The fraction of sp³-hybridized carbons (Fsp3) is 0.909. The van der Waals surface area contributed by atoms with E-state index in [9.17, 15) is 4.79 Å². The van der Waals surface area contributed by atoms with Crippen molar-refractivity contribution in [2.45, 2.75) is 51.7 Å². The van der Waals surface area contributed by atoms with Crippen molar-refractivity contribution in [3.05, 3.63) is 0 Å². The molecule has 4 N–H and O–H groups in total. The van der Waals surface area contributed by atoms with E-state index in [1.54, 1.807) is 6.92 Å². The number of nitrogens with one attached hydrogen (secondary N) is 1. The Morgan fingerprint density at radius 3 is 2.87 bits per heavy atom. The standard InChI is InChI=1S/C11H22N2O2/c1-8(14)5-7-13-10(15)11(2)6-3-4-9(11)12/h8-9,14H,3-7,12H2,1-2H3,(H,13,15). The third-order valence-corrected chi connectivity index (χ3v) is 3.40. The number of carbonyl (C=O) groups is 1. The molecule has 0 aromatic carbocycles. The van der Waals surface area contributed by atoms with Gasteiger partial charge < -0.3 is 16.2 Å². The van der Waals surface area contributed by atoms with Gasteiger partial charge in [-0.05, 0) is 33.1 Å². The molecule has 0 aromatic heterocycles. The molecule has 15 heavy (non-hydrogen) atoms. The summed E-state index contributed by atoms with van der Waals surface area (Å²) in [4.78, 5) is 11.9. The number of nitrogens with two attached hydrogens (primary N) is 1. The molecule has 4 nitrogen and oxygen atoms in total. The van der Waals surface area contributed by atoms with Crippen LogP contribution in [-0.2, 0) is 4.79 Å². The van der Waals surface area contributed by atoms with Crippen molar-refractivity contribution in [1.29, 1.82) is 0 Å². The summed E-state index contributed by atoms with van der Waals surface area (Å²) in [6, 6.07) is -0.0240. The highest BCUT2D eigenvalue weighted by Gasteiger charge is 2.42. The van der Waals surface area contributed by atoms with Crippen LogP contribution in [0.5, 0.6) is 0 Å². The fourth-order valence-corrected chi connectivity index (χ4v) is 2.07. The zero-order chi connectivity index (χ0) is 11.5. The molecule has 0 heterocycles. The number of aliphatic hydroxyl groups is 1. The van der Waals surface area contributed by atoms with Crippen molar-refractivity contribution >= 4 is 5.91 Å². The van der Waals surface area contributed by atoms with Crippen molar-refractivity contribution < 1.29 is 9.90 Å². The van der Waals surface area contributed by atoms with Crippen molar-refractivity contribution in [3.8, 4) is 0 Å². The summed E-state index contributed by atoms with van der Waals surface area (Å²) in [5.74, 6) is 0.0353. The maximum Gasteiger partial charge on any atom is 0.227 e. The van der Waals surface area contributed by atoms with Crippen LogP contribution in [0.4, 0.5) is 0 Å². The molecule has 1 aliphatic carbocycles. The van der Waals surface area contributed by atoms with Gasteiger partial charge >= 0.3 is 0 Å². The van der Waals surface area contributed by atoms with Crippen molar-refractivity contribution in [3.63, 3.8) is 0 Å². The van der Waals surface area contributed by atoms with E-state index in [-0.39, 0.29) is 18.1 Å². The maximum absolute atomic E-state index is 11.9. The first-order chi connectivity index (χ1) is 6.97. The lowest BCUT2D eigenvalue weighted by Gasteiger charge is -2.27. The largest absolute Gasteiger partial charge is 0.393 e. The van der Waals surface area contributed by atoms with Crippen LogP contribution in [0, 0.1) is 5.41 Å². The molecule has 1 fully saturated rings. The molecule has 3 unspecified atom stereocenters. The minimum absolute atomic E-state index is 0.0240. The van der Waals surface area contributed by atoms with Crippen molar-refractivity contribution in [1.82, 2.24) is 5.32 Å². The van der Waals surface area contributed by atoms with E-state index < -0.39 is 5.41 Å². The van der Waals surface area contributed by atoms with Crippen LogP contribution >= 0.6 is 0 Å². The maximum atomic E-state index is 11.9. The number of carbonyl (C=O) groups excluding carboxylic acids is 1. The van der Waals surface area contributed by atoms with Gasteiger partial charge in [-0.25, -0.2) is 0 Å². The SMILES string of the molecule is CC(O)CCNC(=O)C1(C)CCCC1N. The topological polar surface area (TPSA) is 75.3 Å². The number of hydrogen-bond donors (Lipinski definition) is 3. The second-order valence-corrected chi connectivity index (χ2v) is 4.81. The lowest BCUT2D eigenvalue weighted by molar-refractivity contribution is -0.130. The van der Waals surface area contributed by atoms with E-state index in [1.807, 2.05) is 6.92 Å². The molecule has 88 valence electrons. The van der Waals surface area contributed by atoms with Gasteiger partial charge in [0.15, 0.2) is 0 Å². The van der Waals surface area contributed by atoms with Crippen LogP contribution in [-0.4, -0.2) is 29.7 Å². The monoisotopic (exact) mass is 214 g/mol. The summed E-state index contributed by atoms with van der Waals surface area (Å²) in [5.41, 5.74) is 5.53. The highest BCUT2D eigenvalue weighted by Crippen LogP contribution is 2.36. The number of aliphatic hydroxyl groups excluding tert-OH is 1. The first-order valence-electron chi connectivity index (χ1n) is 5.69.